The van der Waals surface area contributed by atoms with Gasteiger partial charge in [0.15, 0.2) is 15.7 Å². The minimum atomic E-state index is -3.30. The maximum absolute atomic E-state index is 12.1. The highest BCUT2D eigenvalue weighted by atomic mass is 32.2. The van der Waals surface area contributed by atoms with Crippen molar-refractivity contribution < 1.29 is 18.0 Å². The Morgan fingerprint density at radius 3 is 2.26 bits per heavy atom. The first-order chi connectivity index (χ1) is 10.9. The van der Waals surface area contributed by atoms with E-state index in [0.717, 1.165) is 32.1 Å². The van der Waals surface area contributed by atoms with E-state index >= 15 is 0 Å². The normalized spacial score (nSPS) is 24.4. The Morgan fingerprint density at radius 1 is 1.13 bits per heavy atom. The van der Waals surface area contributed by atoms with Gasteiger partial charge in [-0.25, -0.2) is 8.42 Å². The van der Waals surface area contributed by atoms with Crippen LogP contribution in [-0.4, -0.2) is 29.9 Å². The molecule has 3 rings (SSSR count). The molecule has 0 amide bonds. The van der Waals surface area contributed by atoms with Gasteiger partial charge in [0, 0.05) is 6.26 Å². The fraction of sp³-hybridized carbons (Fsp3) is 0.875. The van der Waals surface area contributed by atoms with Gasteiger partial charge in [-0.1, -0.05) is 37.3 Å². The Labute approximate surface area is 137 Å². The smallest absolute Gasteiger partial charge is 0.255 e. The van der Waals surface area contributed by atoms with Gasteiger partial charge in [0.25, 0.3) is 5.89 Å². The molecule has 6 nitrogen and oxygen atoms in total. The molecule has 1 aromatic rings. The van der Waals surface area contributed by atoms with Crippen LogP contribution in [0.15, 0.2) is 4.52 Å². The summed E-state index contributed by atoms with van der Waals surface area (Å²) >= 11 is 0. The number of hydrogen-bond donors (Lipinski definition) is 1. The summed E-state index contributed by atoms with van der Waals surface area (Å²) in [6.45, 7) is 0. The van der Waals surface area contributed by atoms with E-state index in [1.165, 1.54) is 25.5 Å². The first-order valence-corrected chi connectivity index (χ1v) is 10.5. The van der Waals surface area contributed by atoms with Crippen LogP contribution in [0.25, 0.3) is 0 Å². The number of aliphatic hydroxyl groups is 1. The lowest BCUT2D eigenvalue weighted by atomic mass is 9.83. The van der Waals surface area contributed by atoms with Gasteiger partial charge in [0.2, 0.25) is 0 Å². The van der Waals surface area contributed by atoms with Gasteiger partial charge in [-0.15, -0.1) is 0 Å². The zero-order valence-electron chi connectivity index (χ0n) is 13.7. The second kappa shape index (κ2) is 6.51. The van der Waals surface area contributed by atoms with Crippen LogP contribution in [0, 0.1) is 5.92 Å². The molecule has 0 spiro atoms. The molecule has 0 aliphatic heterocycles. The first kappa shape index (κ1) is 16.9. The average molecular weight is 342 g/mol. The minimum Gasteiger partial charge on any atom is -0.383 e. The summed E-state index contributed by atoms with van der Waals surface area (Å²) in [4.78, 5) is 4.29. The second-order valence-electron chi connectivity index (χ2n) is 7.13. The highest BCUT2D eigenvalue weighted by Crippen LogP contribution is 2.47. The summed E-state index contributed by atoms with van der Waals surface area (Å²) in [5.41, 5.74) is 0. The molecular formula is C16H26N2O4S. The van der Waals surface area contributed by atoms with Crippen molar-refractivity contribution in [3.63, 3.8) is 0 Å². The second-order valence-corrected chi connectivity index (χ2v) is 9.45. The summed E-state index contributed by atoms with van der Waals surface area (Å²) in [5, 5.41) is 14.5. The zero-order chi connectivity index (χ0) is 16.5. The van der Waals surface area contributed by atoms with Crippen LogP contribution < -0.4 is 0 Å². The van der Waals surface area contributed by atoms with Gasteiger partial charge in [-0.05, 0) is 38.0 Å². The third-order valence-corrected chi connectivity index (χ3v) is 7.58. The number of aromatic nitrogens is 2. The lowest BCUT2D eigenvalue weighted by Gasteiger charge is -2.36. The van der Waals surface area contributed by atoms with Crippen molar-refractivity contribution >= 4 is 9.84 Å². The molecule has 2 fully saturated rings. The van der Waals surface area contributed by atoms with Gasteiger partial charge in [0.1, 0.15) is 10.9 Å². The number of sulfone groups is 1. The SMILES string of the molecule is CS(=O)(=O)C1(c2noc(C(O)C3CCCCCCC3)n2)CCC1. The van der Waals surface area contributed by atoms with Crippen molar-refractivity contribution in [3.05, 3.63) is 11.7 Å². The number of rotatable bonds is 4. The number of hydrogen-bond acceptors (Lipinski definition) is 6. The summed E-state index contributed by atoms with van der Waals surface area (Å²) in [6.07, 6.45) is 10.2. The van der Waals surface area contributed by atoms with Crippen LogP contribution >= 0.6 is 0 Å². The van der Waals surface area contributed by atoms with E-state index in [9.17, 15) is 13.5 Å². The predicted molar refractivity (Wildman–Crippen MR) is 85.4 cm³/mol. The average Bonchev–Trinajstić information content (AvgIpc) is 2.84. The monoisotopic (exact) mass is 342 g/mol. The van der Waals surface area contributed by atoms with Crippen molar-refractivity contribution in [3.8, 4) is 0 Å². The molecule has 23 heavy (non-hydrogen) atoms. The molecule has 0 radical (unpaired) electrons. The molecule has 1 N–H and O–H groups in total. The van der Waals surface area contributed by atoms with Crippen LogP contribution in [0.1, 0.15) is 82.0 Å². The summed E-state index contributed by atoms with van der Waals surface area (Å²) in [5.74, 6) is 0.533. The van der Waals surface area contributed by atoms with E-state index in [2.05, 4.69) is 10.1 Å². The van der Waals surface area contributed by atoms with E-state index in [0.29, 0.717) is 12.8 Å². The van der Waals surface area contributed by atoms with Crippen molar-refractivity contribution in [2.45, 2.75) is 75.1 Å². The Balaban J connectivity index is 1.78. The highest BCUT2D eigenvalue weighted by Gasteiger charge is 2.52. The minimum absolute atomic E-state index is 0.124. The van der Waals surface area contributed by atoms with Crippen molar-refractivity contribution in [2.75, 3.05) is 6.26 Å². The molecular weight excluding hydrogens is 316 g/mol. The molecule has 130 valence electrons. The third kappa shape index (κ3) is 3.18. The topological polar surface area (TPSA) is 93.3 Å². The van der Waals surface area contributed by atoms with E-state index < -0.39 is 20.7 Å². The predicted octanol–water partition coefficient (Wildman–Crippen LogP) is 2.89. The maximum Gasteiger partial charge on any atom is 0.255 e. The van der Waals surface area contributed by atoms with E-state index in [1.54, 1.807) is 0 Å². The molecule has 1 heterocycles. The summed E-state index contributed by atoms with van der Waals surface area (Å²) < 4.78 is 28.5. The van der Waals surface area contributed by atoms with Gasteiger partial charge in [0.05, 0.1) is 0 Å². The zero-order valence-corrected chi connectivity index (χ0v) is 14.5. The molecule has 1 unspecified atom stereocenters. The molecule has 2 saturated carbocycles. The molecule has 0 aromatic carbocycles. The highest BCUT2D eigenvalue weighted by molar-refractivity contribution is 7.91. The lowest BCUT2D eigenvalue weighted by molar-refractivity contribution is 0.0605. The largest absolute Gasteiger partial charge is 0.383 e. The fourth-order valence-electron chi connectivity index (χ4n) is 3.80. The Bertz CT molecular complexity index is 628. The van der Waals surface area contributed by atoms with Crippen LogP contribution in [0.4, 0.5) is 0 Å². The van der Waals surface area contributed by atoms with E-state index in [1.807, 2.05) is 0 Å². The van der Waals surface area contributed by atoms with E-state index in [-0.39, 0.29) is 17.6 Å². The van der Waals surface area contributed by atoms with Crippen LogP contribution in [-0.2, 0) is 14.6 Å². The molecule has 7 heteroatoms. The summed E-state index contributed by atoms with van der Waals surface area (Å²) in [6, 6.07) is 0. The Kier molecular flexibility index (Phi) is 4.78. The van der Waals surface area contributed by atoms with Gasteiger partial charge in [-0.3, -0.25) is 0 Å². The summed E-state index contributed by atoms with van der Waals surface area (Å²) in [7, 11) is -3.30. The Hall–Kier alpha value is -0.950. The quantitative estimate of drug-likeness (QED) is 0.904. The molecule has 0 saturated heterocycles. The van der Waals surface area contributed by atoms with Crippen LogP contribution in [0.5, 0.6) is 0 Å². The van der Waals surface area contributed by atoms with Crippen LogP contribution in [0.3, 0.4) is 0 Å². The number of nitrogens with zero attached hydrogens (tertiary/aromatic N) is 2. The fourth-order valence-corrected chi connectivity index (χ4v) is 5.25. The first-order valence-electron chi connectivity index (χ1n) is 8.66. The molecule has 2 aliphatic carbocycles. The molecule has 2 aliphatic rings. The van der Waals surface area contributed by atoms with Crippen molar-refractivity contribution in [2.24, 2.45) is 5.92 Å². The lowest BCUT2D eigenvalue weighted by Crippen LogP contribution is -2.42. The Morgan fingerprint density at radius 2 is 1.74 bits per heavy atom. The molecule has 1 aromatic heterocycles. The van der Waals surface area contributed by atoms with Gasteiger partial charge < -0.3 is 9.63 Å². The van der Waals surface area contributed by atoms with E-state index in [4.69, 9.17) is 4.52 Å². The standard InChI is InChI=1S/C16H26N2O4S/c1-23(20,21)16(10-7-11-16)15-17-14(22-18-15)13(19)12-8-5-3-2-4-6-9-12/h12-13,19H,2-11H2,1H3. The van der Waals surface area contributed by atoms with Crippen molar-refractivity contribution in [1.82, 2.24) is 10.1 Å². The van der Waals surface area contributed by atoms with Gasteiger partial charge >= 0.3 is 0 Å². The van der Waals surface area contributed by atoms with Gasteiger partial charge in [-0.2, -0.15) is 4.98 Å². The maximum atomic E-state index is 12.1. The molecule has 1 atom stereocenters. The number of aliphatic hydroxyl groups excluding tert-OH is 1. The van der Waals surface area contributed by atoms with Crippen molar-refractivity contribution in [1.29, 1.82) is 0 Å². The molecule has 0 bridgehead atoms. The third-order valence-electron chi connectivity index (χ3n) is 5.57. The van der Waals surface area contributed by atoms with Crippen LogP contribution in [0.2, 0.25) is 0 Å².